The van der Waals surface area contributed by atoms with Crippen molar-refractivity contribution in [3.05, 3.63) is 35.4 Å². The topological polar surface area (TPSA) is 21.3 Å². The molecule has 0 bridgehead atoms. The maximum Gasteiger partial charge on any atom is 0.127 e. The molecule has 0 aliphatic carbocycles. The first-order chi connectivity index (χ1) is 8.70. The normalized spacial score (nSPS) is 26.0. The van der Waals surface area contributed by atoms with Crippen LogP contribution in [0.2, 0.25) is 0 Å². The molecule has 2 fully saturated rings. The third-order valence-corrected chi connectivity index (χ3v) is 4.10. The molecule has 18 heavy (non-hydrogen) atoms. The van der Waals surface area contributed by atoms with Gasteiger partial charge in [0.2, 0.25) is 0 Å². The number of hydrogen-bond acceptors (Lipinski definition) is 2. The van der Waals surface area contributed by atoms with Gasteiger partial charge < -0.3 is 10.1 Å². The van der Waals surface area contributed by atoms with E-state index in [0.717, 1.165) is 25.9 Å². The lowest BCUT2D eigenvalue weighted by atomic mass is 9.72. The molecular formula is C14H17F2NO. The van der Waals surface area contributed by atoms with Gasteiger partial charge in [0.1, 0.15) is 11.6 Å². The Morgan fingerprint density at radius 1 is 1.33 bits per heavy atom. The maximum atomic E-state index is 13.9. The van der Waals surface area contributed by atoms with Gasteiger partial charge >= 0.3 is 0 Å². The van der Waals surface area contributed by atoms with E-state index in [1.807, 2.05) is 0 Å². The Bertz CT molecular complexity index is 439. The molecule has 1 aromatic carbocycles. The van der Waals surface area contributed by atoms with Gasteiger partial charge in [-0.25, -0.2) is 8.78 Å². The highest BCUT2D eigenvalue weighted by molar-refractivity contribution is 5.30. The Morgan fingerprint density at radius 2 is 2.17 bits per heavy atom. The zero-order valence-corrected chi connectivity index (χ0v) is 10.2. The molecule has 1 aromatic rings. The second-order valence-corrected chi connectivity index (χ2v) is 5.46. The van der Waals surface area contributed by atoms with Crippen LogP contribution in [-0.2, 0) is 10.2 Å². The second kappa shape index (κ2) is 4.59. The smallest absolute Gasteiger partial charge is 0.127 e. The van der Waals surface area contributed by atoms with Gasteiger partial charge in [0.15, 0.2) is 0 Å². The molecule has 4 heteroatoms. The summed E-state index contributed by atoms with van der Waals surface area (Å²) in [5, 5.41) is 3.31. The van der Waals surface area contributed by atoms with Crippen molar-refractivity contribution in [2.75, 3.05) is 26.3 Å². The zero-order valence-electron chi connectivity index (χ0n) is 10.2. The molecule has 0 saturated carbocycles. The molecule has 1 unspecified atom stereocenters. The van der Waals surface area contributed by atoms with Gasteiger partial charge in [-0.1, -0.05) is 0 Å². The molecule has 0 amide bonds. The SMILES string of the molecule is Fc1ccc(F)c(C2(CC3CCNC3)COC2)c1. The summed E-state index contributed by atoms with van der Waals surface area (Å²) in [5.74, 6) is -0.149. The van der Waals surface area contributed by atoms with Gasteiger partial charge in [-0.05, 0) is 50.0 Å². The summed E-state index contributed by atoms with van der Waals surface area (Å²) in [6.07, 6.45) is 1.99. The van der Waals surface area contributed by atoms with Crippen LogP contribution in [0.25, 0.3) is 0 Å². The molecule has 98 valence electrons. The Labute approximate surface area is 105 Å². The first-order valence-corrected chi connectivity index (χ1v) is 6.44. The Hall–Kier alpha value is -1.00. The molecule has 1 N–H and O–H groups in total. The van der Waals surface area contributed by atoms with E-state index in [-0.39, 0.29) is 17.0 Å². The van der Waals surface area contributed by atoms with Crippen LogP contribution in [0, 0.1) is 17.6 Å². The lowest BCUT2D eigenvalue weighted by Crippen LogP contribution is -2.49. The van der Waals surface area contributed by atoms with Crippen molar-refractivity contribution in [2.24, 2.45) is 5.92 Å². The highest BCUT2D eigenvalue weighted by atomic mass is 19.1. The van der Waals surface area contributed by atoms with Gasteiger partial charge in [0.25, 0.3) is 0 Å². The lowest BCUT2D eigenvalue weighted by Gasteiger charge is -2.43. The summed E-state index contributed by atoms with van der Waals surface area (Å²) in [6, 6.07) is 3.72. The van der Waals surface area contributed by atoms with Crippen LogP contribution in [0.5, 0.6) is 0 Å². The third kappa shape index (κ3) is 2.04. The van der Waals surface area contributed by atoms with Crippen molar-refractivity contribution in [3.8, 4) is 0 Å². The second-order valence-electron chi connectivity index (χ2n) is 5.46. The third-order valence-electron chi connectivity index (χ3n) is 4.10. The minimum atomic E-state index is -0.373. The standard InChI is InChI=1S/C14H17F2NO/c15-11-1-2-13(16)12(5-11)14(8-18-9-14)6-10-3-4-17-7-10/h1-2,5,10,17H,3-4,6-9H2. The number of ether oxygens (including phenoxy) is 1. The fourth-order valence-electron chi connectivity index (χ4n) is 3.08. The number of hydrogen-bond donors (Lipinski definition) is 1. The van der Waals surface area contributed by atoms with E-state index in [4.69, 9.17) is 4.74 Å². The van der Waals surface area contributed by atoms with E-state index in [1.54, 1.807) is 0 Å². The number of rotatable bonds is 3. The highest BCUT2D eigenvalue weighted by Gasteiger charge is 2.44. The number of halogens is 2. The van der Waals surface area contributed by atoms with Crippen molar-refractivity contribution in [1.29, 1.82) is 0 Å². The molecule has 2 heterocycles. The Morgan fingerprint density at radius 3 is 2.78 bits per heavy atom. The van der Waals surface area contributed by atoms with Crippen LogP contribution in [0.15, 0.2) is 18.2 Å². The van der Waals surface area contributed by atoms with Crippen molar-refractivity contribution in [3.63, 3.8) is 0 Å². The summed E-state index contributed by atoms with van der Waals surface area (Å²) in [4.78, 5) is 0. The molecule has 0 aromatic heterocycles. The van der Waals surface area contributed by atoms with E-state index < -0.39 is 0 Å². The largest absolute Gasteiger partial charge is 0.379 e. The first-order valence-electron chi connectivity index (χ1n) is 6.44. The molecule has 2 nitrogen and oxygen atoms in total. The van der Waals surface area contributed by atoms with Crippen LogP contribution in [-0.4, -0.2) is 26.3 Å². The van der Waals surface area contributed by atoms with E-state index in [0.29, 0.717) is 24.7 Å². The van der Waals surface area contributed by atoms with Crippen LogP contribution in [0.4, 0.5) is 8.78 Å². The molecule has 0 radical (unpaired) electrons. The van der Waals surface area contributed by atoms with Crippen LogP contribution in [0.3, 0.4) is 0 Å². The van der Waals surface area contributed by atoms with Gasteiger partial charge in [-0.3, -0.25) is 0 Å². The summed E-state index contributed by atoms with van der Waals surface area (Å²) in [6.45, 7) is 3.00. The zero-order chi connectivity index (χ0) is 12.6. The van der Waals surface area contributed by atoms with Crippen molar-refractivity contribution in [1.82, 2.24) is 5.32 Å². The molecule has 3 rings (SSSR count). The van der Waals surface area contributed by atoms with Crippen molar-refractivity contribution < 1.29 is 13.5 Å². The number of benzene rings is 1. The summed E-state index contributed by atoms with van der Waals surface area (Å²) < 4.78 is 32.5. The summed E-state index contributed by atoms with van der Waals surface area (Å²) in [5.41, 5.74) is 0.170. The lowest BCUT2D eigenvalue weighted by molar-refractivity contribution is -0.0722. The number of nitrogens with one attached hydrogen (secondary N) is 1. The van der Waals surface area contributed by atoms with Gasteiger partial charge in [-0.15, -0.1) is 0 Å². The minimum absolute atomic E-state index is 0.314. The van der Waals surface area contributed by atoms with E-state index in [9.17, 15) is 8.78 Å². The van der Waals surface area contributed by atoms with Crippen molar-refractivity contribution in [2.45, 2.75) is 18.3 Å². The summed E-state index contributed by atoms with van der Waals surface area (Å²) in [7, 11) is 0. The maximum absolute atomic E-state index is 13.9. The predicted octanol–water partition coefficient (Wildman–Crippen LogP) is 2.23. The first kappa shape index (κ1) is 12.1. The quantitative estimate of drug-likeness (QED) is 0.892. The molecule has 0 spiro atoms. The van der Waals surface area contributed by atoms with Crippen LogP contribution >= 0.6 is 0 Å². The predicted molar refractivity (Wildman–Crippen MR) is 64.4 cm³/mol. The van der Waals surface area contributed by atoms with E-state index in [2.05, 4.69) is 5.32 Å². The molecule has 2 saturated heterocycles. The van der Waals surface area contributed by atoms with E-state index in [1.165, 1.54) is 18.2 Å². The average Bonchev–Trinajstić information content (AvgIpc) is 2.80. The van der Waals surface area contributed by atoms with Crippen LogP contribution < -0.4 is 5.32 Å². The Balaban J connectivity index is 1.87. The molecular weight excluding hydrogens is 236 g/mol. The molecule has 1 atom stereocenters. The van der Waals surface area contributed by atoms with Gasteiger partial charge in [0, 0.05) is 11.0 Å². The van der Waals surface area contributed by atoms with Crippen molar-refractivity contribution >= 4 is 0 Å². The monoisotopic (exact) mass is 253 g/mol. The molecule has 2 aliphatic heterocycles. The fraction of sp³-hybridized carbons (Fsp3) is 0.571. The van der Waals surface area contributed by atoms with E-state index >= 15 is 0 Å². The van der Waals surface area contributed by atoms with Gasteiger partial charge in [0.05, 0.1) is 13.2 Å². The fourth-order valence-corrected chi connectivity index (χ4v) is 3.08. The Kier molecular flexibility index (Phi) is 3.08. The molecule has 2 aliphatic rings. The van der Waals surface area contributed by atoms with Gasteiger partial charge in [-0.2, -0.15) is 0 Å². The summed E-state index contributed by atoms with van der Waals surface area (Å²) >= 11 is 0. The minimum Gasteiger partial charge on any atom is -0.379 e. The highest BCUT2D eigenvalue weighted by Crippen LogP contribution is 2.40. The average molecular weight is 253 g/mol. The van der Waals surface area contributed by atoms with Crippen LogP contribution in [0.1, 0.15) is 18.4 Å².